The van der Waals surface area contributed by atoms with Crippen molar-refractivity contribution in [1.82, 2.24) is 0 Å². The monoisotopic (exact) mass is 267 g/mol. The van der Waals surface area contributed by atoms with Gasteiger partial charge in [0.15, 0.2) is 0 Å². The number of aliphatic imine (C=N–C) groups is 1. The number of sulfone groups is 1. The van der Waals surface area contributed by atoms with Crippen molar-refractivity contribution >= 4 is 20.9 Å². The first kappa shape index (κ1) is 12.3. The zero-order valence-electron chi connectivity index (χ0n) is 9.11. The highest BCUT2D eigenvalue weighted by Gasteiger charge is 2.31. The molecule has 1 aliphatic rings. The summed E-state index contributed by atoms with van der Waals surface area (Å²) in [6.45, 7) is -0.0972. The number of hydrogen-bond acceptors (Lipinski definition) is 5. The third-order valence-corrected chi connectivity index (χ3v) is 3.51. The van der Waals surface area contributed by atoms with Gasteiger partial charge in [0.2, 0.25) is 14.9 Å². The third-order valence-electron chi connectivity index (χ3n) is 2.12. The fourth-order valence-corrected chi connectivity index (χ4v) is 2.44. The molecule has 0 spiro atoms. The third kappa shape index (κ3) is 2.57. The zero-order chi connectivity index (χ0) is 13.2. The van der Waals surface area contributed by atoms with Gasteiger partial charge in [0.1, 0.15) is 12.4 Å². The maximum atomic E-state index is 11.4. The average molecular weight is 267 g/mol. The quantitative estimate of drug-likeness (QED) is 0.871. The first-order valence-corrected chi connectivity index (χ1v) is 6.49. The summed E-state index contributed by atoms with van der Waals surface area (Å²) in [6.07, 6.45) is 0. The van der Waals surface area contributed by atoms with E-state index in [0.717, 1.165) is 5.41 Å². The Hall–Kier alpha value is -2.15. The number of rotatable bonds is 4. The number of ether oxygens (including phenoxy) is 1. The second-order valence-electron chi connectivity index (χ2n) is 3.48. The highest BCUT2D eigenvalue weighted by Crippen LogP contribution is 2.17. The van der Waals surface area contributed by atoms with E-state index < -0.39 is 20.9 Å². The molecule has 0 saturated heterocycles. The zero-order valence-corrected chi connectivity index (χ0v) is 9.92. The van der Waals surface area contributed by atoms with Crippen LogP contribution in [0.15, 0.2) is 46.4 Å². The number of nitrogens with zero attached hydrogens (tertiary/aromatic N) is 1. The number of carboxylic acids is 1. The molecule has 0 amide bonds. The predicted molar refractivity (Wildman–Crippen MR) is 64.0 cm³/mol. The molecule has 0 aliphatic carbocycles. The van der Waals surface area contributed by atoms with E-state index in [9.17, 15) is 13.2 Å². The van der Waals surface area contributed by atoms with Crippen molar-refractivity contribution in [3.63, 3.8) is 0 Å². The SMILES string of the molecule is O=C(O)C1=NC(COc2ccccc2)=CS1(=O)=O. The molecule has 0 saturated carbocycles. The van der Waals surface area contributed by atoms with Gasteiger partial charge in [-0.3, -0.25) is 0 Å². The minimum absolute atomic E-state index is 0.0660. The lowest BCUT2D eigenvalue weighted by molar-refractivity contribution is -0.129. The maximum absolute atomic E-state index is 11.4. The Morgan fingerprint density at radius 2 is 1.94 bits per heavy atom. The van der Waals surface area contributed by atoms with Gasteiger partial charge >= 0.3 is 5.97 Å². The number of hydrogen-bond donors (Lipinski definition) is 1. The van der Waals surface area contributed by atoms with Crippen LogP contribution in [0.1, 0.15) is 0 Å². The van der Waals surface area contributed by atoms with Crippen molar-refractivity contribution in [1.29, 1.82) is 0 Å². The van der Waals surface area contributed by atoms with E-state index in [2.05, 4.69) is 4.99 Å². The smallest absolute Gasteiger partial charge is 0.366 e. The Balaban J connectivity index is 2.11. The molecule has 1 aromatic rings. The van der Waals surface area contributed by atoms with Crippen molar-refractivity contribution in [3.8, 4) is 5.75 Å². The summed E-state index contributed by atoms with van der Waals surface area (Å²) in [5.74, 6) is -1.02. The van der Waals surface area contributed by atoms with E-state index >= 15 is 0 Å². The molecule has 1 N–H and O–H groups in total. The molecule has 94 valence electrons. The topological polar surface area (TPSA) is 93.0 Å². The normalized spacial score (nSPS) is 16.9. The van der Waals surface area contributed by atoms with E-state index in [4.69, 9.17) is 9.84 Å². The van der Waals surface area contributed by atoms with Crippen LogP contribution in [-0.2, 0) is 14.6 Å². The number of para-hydroxylation sites is 1. The van der Waals surface area contributed by atoms with E-state index in [1.54, 1.807) is 24.3 Å². The van der Waals surface area contributed by atoms with Crippen molar-refractivity contribution in [2.24, 2.45) is 4.99 Å². The highest BCUT2D eigenvalue weighted by molar-refractivity contribution is 8.11. The molecule has 1 aliphatic heterocycles. The van der Waals surface area contributed by atoms with Gasteiger partial charge in [-0.25, -0.2) is 18.2 Å². The summed E-state index contributed by atoms with van der Waals surface area (Å²) in [6, 6.07) is 8.74. The summed E-state index contributed by atoms with van der Waals surface area (Å²) >= 11 is 0. The summed E-state index contributed by atoms with van der Waals surface area (Å²) in [7, 11) is -3.93. The van der Waals surface area contributed by atoms with E-state index in [0.29, 0.717) is 5.75 Å². The molecule has 0 fully saturated rings. The summed E-state index contributed by atoms with van der Waals surface area (Å²) in [5.41, 5.74) is 0.0660. The van der Waals surface area contributed by atoms with Gasteiger partial charge in [-0.15, -0.1) is 0 Å². The molecular formula is C11H9NO5S. The molecule has 2 rings (SSSR count). The van der Waals surface area contributed by atoms with Crippen LogP contribution in [0.3, 0.4) is 0 Å². The molecule has 0 bridgehead atoms. The molecule has 1 heterocycles. The Morgan fingerprint density at radius 3 is 2.50 bits per heavy atom. The van der Waals surface area contributed by atoms with Gasteiger partial charge in [-0.05, 0) is 12.1 Å². The Kier molecular flexibility index (Phi) is 3.15. The summed E-state index contributed by atoms with van der Waals surface area (Å²) in [5, 5.41) is 8.61. The maximum Gasteiger partial charge on any atom is 0.366 e. The molecule has 0 unspecified atom stereocenters. The first-order chi connectivity index (χ1) is 8.49. The van der Waals surface area contributed by atoms with Gasteiger partial charge in [0, 0.05) is 0 Å². The van der Waals surface area contributed by atoms with Crippen LogP contribution in [0.5, 0.6) is 5.75 Å². The van der Waals surface area contributed by atoms with Crippen molar-refractivity contribution in [2.75, 3.05) is 6.61 Å². The van der Waals surface area contributed by atoms with Crippen LogP contribution in [0.25, 0.3) is 0 Å². The molecular weight excluding hydrogens is 258 g/mol. The van der Waals surface area contributed by atoms with E-state index in [-0.39, 0.29) is 12.3 Å². The Morgan fingerprint density at radius 1 is 1.28 bits per heavy atom. The number of carbonyl (C=O) groups is 1. The number of carboxylic acid groups (broad SMARTS) is 1. The minimum Gasteiger partial charge on any atom is -0.487 e. The van der Waals surface area contributed by atoms with E-state index in [1.165, 1.54) is 0 Å². The van der Waals surface area contributed by atoms with Gasteiger partial charge < -0.3 is 9.84 Å². The average Bonchev–Trinajstić information content (AvgIpc) is 2.63. The first-order valence-electron chi connectivity index (χ1n) is 4.94. The molecule has 18 heavy (non-hydrogen) atoms. The molecule has 0 atom stereocenters. The summed E-state index contributed by atoms with van der Waals surface area (Å²) < 4.78 is 28.0. The minimum atomic E-state index is -3.93. The fourth-order valence-electron chi connectivity index (χ4n) is 1.37. The van der Waals surface area contributed by atoms with Crippen LogP contribution in [0.2, 0.25) is 0 Å². The molecule has 0 radical (unpaired) electrons. The summed E-state index contributed by atoms with van der Waals surface area (Å²) in [4.78, 5) is 14.2. The van der Waals surface area contributed by atoms with Crippen LogP contribution < -0.4 is 4.74 Å². The highest BCUT2D eigenvalue weighted by atomic mass is 32.2. The Labute approximate surface area is 103 Å². The fraction of sp³-hybridized carbons (Fsp3) is 0.0909. The van der Waals surface area contributed by atoms with Crippen LogP contribution in [-0.4, -0.2) is 31.1 Å². The van der Waals surface area contributed by atoms with Crippen molar-refractivity contribution in [2.45, 2.75) is 0 Å². The molecule has 1 aromatic carbocycles. The second-order valence-corrected chi connectivity index (χ2v) is 5.19. The lowest BCUT2D eigenvalue weighted by Gasteiger charge is -2.03. The van der Waals surface area contributed by atoms with Gasteiger partial charge in [-0.2, -0.15) is 0 Å². The Bertz CT molecular complexity index is 631. The van der Waals surface area contributed by atoms with Gasteiger partial charge in [0.25, 0.3) is 0 Å². The van der Waals surface area contributed by atoms with E-state index in [1.807, 2.05) is 6.07 Å². The van der Waals surface area contributed by atoms with Gasteiger partial charge in [-0.1, -0.05) is 18.2 Å². The van der Waals surface area contributed by atoms with Crippen molar-refractivity contribution in [3.05, 3.63) is 41.4 Å². The van der Waals surface area contributed by atoms with Crippen LogP contribution in [0.4, 0.5) is 0 Å². The standard InChI is InChI=1S/C11H9NO5S/c13-11(14)10-12-8(7-18(10,15)16)6-17-9-4-2-1-3-5-9/h1-5,7H,6H2,(H,13,14). The second kappa shape index (κ2) is 4.61. The van der Waals surface area contributed by atoms with Crippen molar-refractivity contribution < 1.29 is 23.1 Å². The largest absolute Gasteiger partial charge is 0.487 e. The molecule has 7 heteroatoms. The number of benzene rings is 1. The van der Waals surface area contributed by atoms with Gasteiger partial charge in [0.05, 0.1) is 11.1 Å². The predicted octanol–water partition coefficient (Wildman–Crippen LogP) is 0.818. The number of aliphatic carboxylic acids is 1. The van der Waals surface area contributed by atoms with Crippen LogP contribution in [0, 0.1) is 0 Å². The lowest BCUT2D eigenvalue weighted by atomic mass is 10.3. The van der Waals surface area contributed by atoms with Crippen LogP contribution >= 0.6 is 0 Å². The molecule has 6 nitrogen and oxygen atoms in total. The molecule has 0 aromatic heterocycles. The lowest BCUT2D eigenvalue weighted by Crippen LogP contribution is -2.19.